The molecule has 20 heavy (non-hydrogen) atoms. The fraction of sp³-hybridized carbons (Fsp3) is 0.812. The number of amides is 1. The van der Waals surface area contributed by atoms with Crippen molar-refractivity contribution in [3.63, 3.8) is 0 Å². The van der Waals surface area contributed by atoms with Gasteiger partial charge in [0.1, 0.15) is 0 Å². The van der Waals surface area contributed by atoms with E-state index in [-0.39, 0.29) is 12.1 Å². The van der Waals surface area contributed by atoms with E-state index in [1.807, 2.05) is 13.8 Å². The van der Waals surface area contributed by atoms with E-state index in [9.17, 15) is 4.79 Å². The molecule has 1 unspecified atom stereocenters. The van der Waals surface area contributed by atoms with E-state index >= 15 is 0 Å². The second-order valence-electron chi connectivity index (χ2n) is 6.13. The van der Waals surface area contributed by atoms with Crippen LogP contribution in [0.15, 0.2) is 0 Å². The van der Waals surface area contributed by atoms with Crippen molar-refractivity contribution in [2.75, 3.05) is 32.8 Å². The first-order valence-electron chi connectivity index (χ1n) is 7.81. The third kappa shape index (κ3) is 4.42. The minimum atomic E-state index is -0.198. The summed E-state index contributed by atoms with van der Waals surface area (Å²) in [5.74, 6) is 6.88. The Bertz CT molecular complexity index is 378. The number of ether oxygens (including phenoxy) is 1. The smallest absolute Gasteiger partial charge is 0.410 e. The van der Waals surface area contributed by atoms with Gasteiger partial charge in [0, 0.05) is 6.54 Å². The molecule has 2 aliphatic rings. The second kappa shape index (κ2) is 7.54. The molecule has 2 aliphatic heterocycles. The van der Waals surface area contributed by atoms with Crippen LogP contribution in [0.4, 0.5) is 4.79 Å². The number of hydrogen-bond acceptors (Lipinski definition) is 3. The topological polar surface area (TPSA) is 32.8 Å². The summed E-state index contributed by atoms with van der Waals surface area (Å²) in [6.07, 6.45) is 4.39. The van der Waals surface area contributed by atoms with Gasteiger partial charge in [0.2, 0.25) is 0 Å². The first kappa shape index (κ1) is 15.2. The van der Waals surface area contributed by atoms with Crippen LogP contribution in [0.2, 0.25) is 0 Å². The molecule has 4 nitrogen and oxygen atoms in total. The summed E-state index contributed by atoms with van der Waals surface area (Å²) in [5, 5.41) is 0. The summed E-state index contributed by atoms with van der Waals surface area (Å²) in [6, 6.07) is 0.0530. The molecule has 0 aromatic rings. The molecule has 0 spiro atoms. The summed E-state index contributed by atoms with van der Waals surface area (Å²) in [7, 11) is 0. The van der Waals surface area contributed by atoms with Gasteiger partial charge in [0.25, 0.3) is 0 Å². The van der Waals surface area contributed by atoms with Gasteiger partial charge in [-0.1, -0.05) is 25.7 Å². The summed E-state index contributed by atoms with van der Waals surface area (Å²) < 4.78 is 5.31. The van der Waals surface area contributed by atoms with Crippen molar-refractivity contribution >= 4 is 6.09 Å². The second-order valence-corrected chi connectivity index (χ2v) is 6.13. The van der Waals surface area contributed by atoms with Gasteiger partial charge in [-0.05, 0) is 44.7 Å². The van der Waals surface area contributed by atoms with Crippen LogP contribution in [0.1, 0.15) is 39.5 Å². The molecule has 2 fully saturated rings. The van der Waals surface area contributed by atoms with Gasteiger partial charge in [-0.3, -0.25) is 9.80 Å². The summed E-state index contributed by atoms with van der Waals surface area (Å²) in [4.78, 5) is 16.2. The van der Waals surface area contributed by atoms with Gasteiger partial charge in [0.05, 0.1) is 19.2 Å². The number of carbonyl (C=O) groups is 1. The first-order chi connectivity index (χ1) is 9.66. The standard InChI is InChI=1S/C16H26N2O2/c1-14(2)13-20-16(19)18-12-6-8-15(18)7-5-11-17-9-3-4-10-17/h14-15H,3-4,6,8-13H2,1-2H3. The zero-order chi connectivity index (χ0) is 14.4. The molecule has 1 atom stereocenters. The van der Waals surface area contributed by atoms with Crippen molar-refractivity contribution in [1.82, 2.24) is 9.80 Å². The fourth-order valence-electron chi connectivity index (χ4n) is 2.67. The maximum absolute atomic E-state index is 12.0. The normalized spacial score (nSPS) is 22.9. The van der Waals surface area contributed by atoms with Gasteiger partial charge < -0.3 is 4.74 Å². The molecular formula is C16H26N2O2. The Balaban J connectivity index is 1.80. The van der Waals surface area contributed by atoms with Gasteiger partial charge in [-0.15, -0.1) is 0 Å². The molecule has 0 aromatic carbocycles. The molecule has 2 rings (SSSR count). The lowest BCUT2D eigenvalue weighted by molar-refractivity contribution is 0.0941. The average Bonchev–Trinajstić information content (AvgIpc) is 3.07. The quantitative estimate of drug-likeness (QED) is 0.743. The maximum atomic E-state index is 12.0. The fourth-order valence-corrected chi connectivity index (χ4v) is 2.67. The van der Waals surface area contributed by atoms with Gasteiger partial charge in [0.15, 0.2) is 0 Å². The molecule has 2 heterocycles. The SMILES string of the molecule is CC(C)COC(=O)N1CCCC1C#CCN1CCCC1. The number of likely N-dealkylation sites (tertiary alicyclic amines) is 2. The molecule has 1 amide bonds. The van der Waals surface area contributed by atoms with Gasteiger partial charge >= 0.3 is 6.09 Å². The van der Waals surface area contributed by atoms with Crippen LogP contribution in [0.3, 0.4) is 0 Å². The lowest BCUT2D eigenvalue weighted by Gasteiger charge is -2.21. The molecule has 0 saturated carbocycles. The van der Waals surface area contributed by atoms with E-state index in [0.717, 1.165) is 25.9 Å². The Morgan fingerprint density at radius 3 is 2.70 bits per heavy atom. The van der Waals surface area contributed by atoms with Crippen molar-refractivity contribution in [2.45, 2.75) is 45.6 Å². The molecule has 4 heteroatoms. The molecule has 0 aromatic heterocycles. The van der Waals surface area contributed by atoms with Gasteiger partial charge in [-0.2, -0.15) is 0 Å². The summed E-state index contributed by atoms with van der Waals surface area (Å²) in [6.45, 7) is 8.53. The highest BCUT2D eigenvalue weighted by Crippen LogP contribution is 2.18. The number of rotatable bonds is 3. The third-order valence-electron chi connectivity index (χ3n) is 3.80. The van der Waals surface area contributed by atoms with E-state index in [1.54, 1.807) is 4.90 Å². The Kier molecular flexibility index (Phi) is 5.72. The zero-order valence-corrected chi connectivity index (χ0v) is 12.7. The van der Waals surface area contributed by atoms with Gasteiger partial charge in [-0.25, -0.2) is 4.79 Å². The van der Waals surface area contributed by atoms with Crippen LogP contribution in [0.5, 0.6) is 0 Å². The highest BCUT2D eigenvalue weighted by Gasteiger charge is 2.28. The average molecular weight is 278 g/mol. The van der Waals surface area contributed by atoms with Crippen molar-refractivity contribution < 1.29 is 9.53 Å². The number of nitrogens with zero attached hydrogens (tertiary/aromatic N) is 2. The Hall–Kier alpha value is -1.21. The lowest BCUT2D eigenvalue weighted by atomic mass is 10.2. The molecule has 2 saturated heterocycles. The van der Waals surface area contributed by atoms with Crippen molar-refractivity contribution in [2.24, 2.45) is 5.92 Å². The molecule has 0 radical (unpaired) electrons. The first-order valence-corrected chi connectivity index (χ1v) is 7.81. The molecular weight excluding hydrogens is 252 g/mol. The van der Waals surface area contributed by atoms with E-state index in [4.69, 9.17) is 4.74 Å². The number of carbonyl (C=O) groups excluding carboxylic acids is 1. The minimum absolute atomic E-state index is 0.0530. The largest absolute Gasteiger partial charge is 0.449 e. The number of hydrogen-bond donors (Lipinski definition) is 0. The van der Waals surface area contributed by atoms with Crippen LogP contribution in [-0.4, -0.2) is 54.7 Å². The minimum Gasteiger partial charge on any atom is -0.449 e. The molecule has 0 aliphatic carbocycles. The highest BCUT2D eigenvalue weighted by molar-refractivity contribution is 5.69. The van der Waals surface area contributed by atoms with E-state index in [0.29, 0.717) is 12.5 Å². The van der Waals surface area contributed by atoms with Crippen LogP contribution in [-0.2, 0) is 4.74 Å². The zero-order valence-electron chi connectivity index (χ0n) is 12.7. The predicted molar refractivity (Wildman–Crippen MR) is 79.4 cm³/mol. The molecule has 0 N–H and O–H groups in total. The van der Waals surface area contributed by atoms with Crippen LogP contribution >= 0.6 is 0 Å². The van der Waals surface area contributed by atoms with Crippen LogP contribution in [0.25, 0.3) is 0 Å². The lowest BCUT2D eigenvalue weighted by Crippen LogP contribution is -2.35. The van der Waals surface area contributed by atoms with Crippen molar-refractivity contribution in [3.05, 3.63) is 0 Å². The van der Waals surface area contributed by atoms with Crippen molar-refractivity contribution in [3.8, 4) is 11.8 Å². The van der Waals surface area contributed by atoms with E-state index < -0.39 is 0 Å². The summed E-state index contributed by atoms with van der Waals surface area (Å²) in [5.41, 5.74) is 0. The third-order valence-corrected chi connectivity index (χ3v) is 3.80. The molecule has 112 valence electrons. The van der Waals surface area contributed by atoms with Crippen LogP contribution < -0.4 is 0 Å². The summed E-state index contributed by atoms with van der Waals surface area (Å²) >= 11 is 0. The van der Waals surface area contributed by atoms with E-state index in [2.05, 4.69) is 16.7 Å². The van der Waals surface area contributed by atoms with Crippen LogP contribution in [0, 0.1) is 17.8 Å². The monoisotopic (exact) mass is 278 g/mol. The Morgan fingerprint density at radius 1 is 1.25 bits per heavy atom. The van der Waals surface area contributed by atoms with E-state index in [1.165, 1.54) is 25.9 Å². The molecule has 0 bridgehead atoms. The Morgan fingerprint density at radius 2 is 2.00 bits per heavy atom. The maximum Gasteiger partial charge on any atom is 0.410 e. The Labute approximate surface area is 122 Å². The predicted octanol–water partition coefficient (Wildman–Crippen LogP) is 2.34. The highest BCUT2D eigenvalue weighted by atomic mass is 16.6. The van der Waals surface area contributed by atoms with Crippen molar-refractivity contribution in [1.29, 1.82) is 0 Å².